The molecule has 0 bridgehead atoms. The van der Waals surface area contributed by atoms with Crippen molar-refractivity contribution in [1.82, 2.24) is 30.8 Å². The number of hydrogen-bond donors (Lipinski definition) is 4. The summed E-state index contributed by atoms with van der Waals surface area (Å²) in [4.78, 5) is 86.9. The van der Waals surface area contributed by atoms with E-state index in [1.165, 1.54) is 29.6 Å². The van der Waals surface area contributed by atoms with Gasteiger partial charge in [0.15, 0.2) is 0 Å². The van der Waals surface area contributed by atoms with Gasteiger partial charge >= 0.3 is 6.09 Å². The highest BCUT2D eigenvalue weighted by atomic mass is 16.6. The van der Waals surface area contributed by atoms with Crippen molar-refractivity contribution in [3.8, 4) is 6.07 Å². The molecule has 250 valence electrons. The predicted octanol–water partition coefficient (Wildman–Crippen LogP) is 1.56. The molecule has 15 heteroatoms. The summed E-state index contributed by atoms with van der Waals surface area (Å²) in [6, 6.07) is 4.10. The van der Waals surface area contributed by atoms with Gasteiger partial charge in [0.25, 0.3) is 5.91 Å². The Morgan fingerprint density at radius 2 is 1.79 bits per heavy atom. The molecular weight excluding hydrogens is 608 g/mol. The molecule has 0 saturated carbocycles. The normalized spacial score (nSPS) is 17.5. The van der Waals surface area contributed by atoms with E-state index in [0.29, 0.717) is 24.0 Å². The summed E-state index contributed by atoms with van der Waals surface area (Å²) < 4.78 is 5.56. The maximum Gasteiger partial charge on any atom is 0.411 e. The van der Waals surface area contributed by atoms with Gasteiger partial charge < -0.3 is 30.4 Å². The van der Waals surface area contributed by atoms with Crippen LogP contribution in [-0.2, 0) is 23.9 Å². The second kappa shape index (κ2) is 16.8. The lowest BCUT2D eigenvalue weighted by Gasteiger charge is -2.32. The maximum atomic E-state index is 14.1. The molecule has 1 aromatic carbocycles. The third-order valence-electron chi connectivity index (χ3n) is 7.55. The van der Waals surface area contributed by atoms with E-state index in [-0.39, 0.29) is 24.6 Å². The highest BCUT2D eigenvalue weighted by Gasteiger charge is 2.45. The molecule has 1 aliphatic rings. The Morgan fingerprint density at radius 1 is 1.06 bits per heavy atom. The summed E-state index contributed by atoms with van der Waals surface area (Å²) in [6.07, 6.45) is 3.09. The molecule has 5 atom stereocenters. The number of carbonyl (C=O) groups is 6. The van der Waals surface area contributed by atoms with Gasteiger partial charge in [-0.3, -0.25) is 29.5 Å². The number of aldehydes is 1. The lowest BCUT2D eigenvalue weighted by atomic mass is 9.98. The minimum atomic E-state index is -1.12. The summed E-state index contributed by atoms with van der Waals surface area (Å²) in [5.41, 5.74) is 0.661. The third-order valence-corrected chi connectivity index (χ3v) is 7.55. The Balaban J connectivity index is 1.80. The summed E-state index contributed by atoms with van der Waals surface area (Å²) in [6.45, 7) is 8.44. The van der Waals surface area contributed by atoms with Crippen molar-refractivity contribution < 1.29 is 33.5 Å². The van der Waals surface area contributed by atoms with E-state index in [1.54, 1.807) is 52.8 Å². The summed E-state index contributed by atoms with van der Waals surface area (Å²) in [7, 11) is 0. The van der Waals surface area contributed by atoms with E-state index in [1.807, 2.05) is 6.07 Å². The molecule has 3 rings (SSSR count). The topological polar surface area (TPSA) is 213 Å². The average Bonchev–Trinajstić information content (AvgIpc) is 3.48. The molecule has 2 heterocycles. The maximum absolute atomic E-state index is 14.1. The van der Waals surface area contributed by atoms with Crippen LogP contribution in [0.15, 0.2) is 42.9 Å². The highest BCUT2D eigenvalue weighted by Crippen LogP contribution is 2.24. The molecule has 1 aliphatic heterocycles. The smallest absolute Gasteiger partial charge is 0.411 e. The van der Waals surface area contributed by atoms with Crippen LogP contribution in [0, 0.1) is 23.2 Å². The van der Waals surface area contributed by atoms with Crippen molar-refractivity contribution in [1.29, 1.82) is 5.26 Å². The van der Waals surface area contributed by atoms with E-state index >= 15 is 0 Å². The van der Waals surface area contributed by atoms with E-state index in [0.717, 1.165) is 0 Å². The molecule has 4 N–H and O–H groups in total. The molecule has 1 fully saturated rings. The van der Waals surface area contributed by atoms with Crippen LogP contribution in [0.25, 0.3) is 0 Å². The van der Waals surface area contributed by atoms with Crippen LogP contribution in [0.1, 0.15) is 63.5 Å². The first-order valence-corrected chi connectivity index (χ1v) is 15.3. The molecule has 47 heavy (non-hydrogen) atoms. The van der Waals surface area contributed by atoms with Crippen LogP contribution < -0.4 is 21.3 Å². The fourth-order valence-electron chi connectivity index (χ4n) is 4.95. The van der Waals surface area contributed by atoms with Crippen molar-refractivity contribution in [3.05, 3.63) is 54.1 Å². The number of likely N-dealkylation sites (tertiary alicyclic amines) is 1. The molecule has 2 aromatic rings. The van der Waals surface area contributed by atoms with Crippen molar-refractivity contribution in [2.45, 2.75) is 77.7 Å². The first kappa shape index (κ1) is 36.1. The Hall–Kier alpha value is -5.39. The number of amides is 5. The number of benzene rings is 1. The number of rotatable bonds is 13. The Kier molecular flexibility index (Phi) is 12.9. The van der Waals surface area contributed by atoms with E-state index < -0.39 is 65.9 Å². The Labute approximate surface area is 272 Å². The number of nitrogens with one attached hydrogen (secondary N) is 4. The van der Waals surface area contributed by atoms with Gasteiger partial charge in [0.2, 0.25) is 17.7 Å². The molecule has 5 amide bonds. The number of hydrogen-bond acceptors (Lipinski definition) is 10. The quantitative estimate of drug-likeness (QED) is 0.230. The summed E-state index contributed by atoms with van der Waals surface area (Å²) in [5, 5.41) is 19.7. The first-order valence-electron chi connectivity index (χ1n) is 15.3. The fraction of sp³-hybridized carbons (Fsp3) is 0.469. The lowest BCUT2D eigenvalue weighted by Crippen LogP contribution is -2.59. The molecule has 0 aliphatic carbocycles. The predicted molar refractivity (Wildman–Crippen MR) is 168 cm³/mol. The van der Waals surface area contributed by atoms with Crippen LogP contribution in [-0.4, -0.2) is 87.7 Å². The monoisotopic (exact) mass is 648 g/mol. The van der Waals surface area contributed by atoms with Gasteiger partial charge in [-0.25, -0.2) is 9.78 Å². The second-order valence-corrected chi connectivity index (χ2v) is 11.8. The number of aromatic nitrogens is 2. The van der Waals surface area contributed by atoms with Gasteiger partial charge in [-0.2, -0.15) is 5.26 Å². The zero-order valence-corrected chi connectivity index (χ0v) is 26.9. The summed E-state index contributed by atoms with van der Waals surface area (Å²) in [5.74, 6) is -3.28. The number of nitriles is 1. The van der Waals surface area contributed by atoms with Gasteiger partial charge in [0, 0.05) is 24.5 Å². The standard InChI is InChI=1S/C32H40N8O7/c1-6-21(17-41)36-29(43)25-13-23(47-32(46)37-22-9-7-8-20(12-22)14-33)16-40(25)31(45)27(19(4)5)39-30(44)26(18(2)3)38-28(42)24-15-34-10-11-35-24/h7-12,15,17-19,21,23,25-27H,6,13,16H2,1-5H3,(H,36,43)(H,37,46)(H,38,42)(H,39,44)/t21-,23+,25-,26-,27-/m0/s1. The largest absolute Gasteiger partial charge is 0.444 e. The molecule has 0 unspecified atom stereocenters. The SMILES string of the molecule is CC[C@@H](C=O)NC(=O)[C@@H]1C[C@@H](OC(=O)Nc2cccc(C#N)c2)CN1C(=O)[C@@H](NC(=O)[C@@H](NC(=O)c1cnccn1)C(C)C)C(C)C. The van der Waals surface area contributed by atoms with Gasteiger partial charge in [-0.1, -0.05) is 40.7 Å². The molecule has 15 nitrogen and oxygen atoms in total. The minimum Gasteiger partial charge on any atom is -0.444 e. The third kappa shape index (κ3) is 9.80. The number of carbonyl (C=O) groups excluding carboxylic acids is 6. The van der Waals surface area contributed by atoms with Crippen molar-refractivity contribution in [3.63, 3.8) is 0 Å². The highest BCUT2D eigenvalue weighted by molar-refractivity contribution is 5.98. The van der Waals surface area contributed by atoms with E-state index in [2.05, 4.69) is 31.2 Å². The molecule has 1 aromatic heterocycles. The van der Waals surface area contributed by atoms with Gasteiger partial charge in [-0.15, -0.1) is 0 Å². The van der Waals surface area contributed by atoms with Gasteiger partial charge in [0.05, 0.1) is 30.4 Å². The molecule has 0 radical (unpaired) electrons. The Bertz CT molecular complexity index is 1490. The summed E-state index contributed by atoms with van der Waals surface area (Å²) >= 11 is 0. The van der Waals surface area contributed by atoms with E-state index in [9.17, 15) is 28.8 Å². The molecule has 0 spiro atoms. The van der Waals surface area contributed by atoms with Crippen LogP contribution in [0.3, 0.4) is 0 Å². The number of anilines is 1. The first-order chi connectivity index (χ1) is 22.4. The number of nitrogens with zero attached hydrogens (tertiary/aromatic N) is 4. The van der Waals surface area contributed by atoms with Crippen molar-refractivity contribution in [2.24, 2.45) is 11.8 Å². The van der Waals surface area contributed by atoms with Crippen LogP contribution in [0.4, 0.5) is 10.5 Å². The minimum absolute atomic E-state index is 0.0157. The molecule has 1 saturated heterocycles. The van der Waals surface area contributed by atoms with Crippen LogP contribution in [0.5, 0.6) is 0 Å². The average molecular weight is 649 g/mol. The van der Waals surface area contributed by atoms with Crippen molar-refractivity contribution in [2.75, 3.05) is 11.9 Å². The van der Waals surface area contributed by atoms with Crippen molar-refractivity contribution >= 4 is 41.7 Å². The van der Waals surface area contributed by atoms with Crippen LogP contribution >= 0.6 is 0 Å². The fourth-order valence-corrected chi connectivity index (χ4v) is 4.95. The van der Waals surface area contributed by atoms with Gasteiger partial charge in [-0.05, 0) is 36.5 Å². The molecular formula is C32H40N8O7. The van der Waals surface area contributed by atoms with Gasteiger partial charge in [0.1, 0.15) is 36.2 Å². The van der Waals surface area contributed by atoms with Crippen LogP contribution in [0.2, 0.25) is 0 Å². The zero-order chi connectivity index (χ0) is 34.7. The zero-order valence-electron chi connectivity index (χ0n) is 26.9. The lowest BCUT2D eigenvalue weighted by molar-refractivity contribution is -0.143. The Morgan fingerprint density at radius 3 is 2.38 bits per heavy atom. The van der Waals surface area contributed by atoms with E-state index in [4.69, 9.17) is 10.00 Å². The second-order valence-electron chi connectivity index (χ2n) is 11.8. The number of ether oxygens (including phenoxy) is 1.